The van der Waals surface area contributed by atoms with Crippen molar-refractivity contribution in [3.63, 3.8) is 0 Å². The Hall–Kier alpha value is -2.92. The van der Waals surface area contributed by atoms with E-state index in [9.17, 15) is 18.0 Å². The molecular weight excluding hydrogens is 347 g/mol. The number of aromatic nitrogens is 2. The van der Waals surface area contributed by atoms with Crippen molar-refractivity contribution in [2.24, 2.45) is 0 Å². The monoisotopic (exact) mass is 353 g/mol. The molecule has 2 aromatic carbocycles. The summed E-state index contributed by atoms with van der Waals surface area (Å²) in [6.07, 6.45) is -4.92. The lowest BCUT2D eigenvalue weighted by atomic mass is 10.0. The van der Waals surface area contributed by atoms with E-state index in [-0.39, 0.29) is 21.7 Å². The summed E-state index contributed by atoms with van der Waals surface area (Å²) in [5, 5.41) is 8.87. The molecule has 0 spiro atoms. The average molecular weight is 354 g/mol. The lowest BCUT2D eigenvalue weighted by molar-refractivity contribution is -0.274. The Morgan fingerprint density at radius 1 is 1.12 bits per heavy atom. The number of ether oxygens (including phenoxy) is 1. The van der Waals surface area contributed by atoms with Crippen molar-refractivity contribution in [2.45, 2.75) is 6.36 Å². The minimum absolute atomic E-state index is 0.00356. The fourth-order valence-electron chi connectivity index (χ4n) is 2.31. The Morgan fingerprint density at radius 3 is 2.50 bits per heavy atom. The molecule has 0 aliphatic carbocycles. The summed E-state index contributed by atoms with van der Waals surface area (Å²) in [6.45, 7) is 0. The van der Waals surface area contributed by atoms with Crippen LogP contribution in [0.1, 0.15) is 5.56 Å². The summed E-state index contributed by atoms with van der Waals surface area (Å²) in [4.78, 5) is 16.3. The Bertz CT molecular complexity index is 1030. The quantitative estimate of drug-likeness (QED) is 0.732. The van der Waals surface area contributed by atoms with Gasteiger partial charge < -0.3 is 14.7 Å². The zero-order valence-corrected chi connectivity index (χ0v) is 12.4. The second kappa shape index (κ2) is 5.62. The number of H-pyrrole nitrogens is 2. The van der Waals surface area contributed by atoms with Gasteiger partial charge in [-0.1, -0.05) is 17.7 Å². The van der Waals surface area contributed by atoms with Crippen LogP contribution in [0.5, 0.6) is 5.75 Å². The van der Waals surface area contributed by atoms with E-state index in [4.69, 9.17) is 16.9 Å². The third-order valence-electron chi connectivity index (χ3n) is 3.25. The molecule has 0 bridgehead atoms. The van der Waals surface area contributed by atoms with Gasteiger partial charge in [-0.25, -0.2) is 4.79 Å². The van der Waals surface area contributed by atoms with Crippen molar-refractivity contribution in [2.75, 3.05) is 0 Å². The first-order valence-electron chi connectivity index (χ1n) is 6.49. The predicted octanol–water partition coefficient (Wildman–Crippen LogP) is 3.95. The fraction of sp³-hybridized carbons (Fsp3) is 0.0667. The minimum Gasteiger partial charge on any atom is -0.405 e. The molecule has 24 heavy (non-hydrogen) atoms. The number of benzene rings is 2. The number of rotatable bonds is 2. The molecule has 0 radical (unpaired) electrons. The molecule has 0 aliphatic heterocycles. The summed E-state index contributed by atoms with van der Waals surface area (Å²) >= 11 is 6.08. The number of nitriles is 1. The highest BCUT2D eigenvalue weighted by molar-refractivity contribution is 6.35. The summed E-state index contributed by atoms with van der Waals surface area (Å²) in [5.74, 6) is -0.538. The van der Waals surface area contributed by atoms with Crippen molar-refractivity contribution in [1.82, 2.24) is 9.97 Å². The number of nitrogens with zero attached hydrogens (tertiary/aromatic N) is 1. The van der Waals surface area contributed by atoms with E-state index in [1.54, 1.807) is 6.07 Å². The summed E-state index contributed by atoms with van der Waals surface area (Å²) in [7, 11) is 0. The highest BCUT2D eigenvalue weighted by Crippen LogP contribution is 2.41. The Morgan fingerprint density at radius 2 is 1.83 bits per heavy atom. The molecule has 0 saturated carbocycles. The lowest BCUT2D eigenvalue weighted by Crippen LogP contribution is -2.17. The van der Waals surface area contributed by atoms with Crippen LogP contribution >= 0.6 is 11.6 Å². The summed E-state index contributed by atoms with van der Waals surface area (Å²) in [6, 6.07) is 8.39. The number of halogens is 4. The molecule has 5 nitrogen and oxygen atoms in total. The van der Waals surface area contributed by atoms with E-state index in [1.165, 1.54) is 18.2 Å². The van der Waals surface area contributed by atoms with E-state index in [1.807, 2.05) is 0 Å². The Balaban J connectivity index is 2.26. The highest BCUT2D eigenvalue weighted by Gasteiger charge is 2.33. The fourth-order valence-corrected chi connectivity index (χ4v) is 2.62. The molecule has 3 rings (SSSR count). The molecule has 3 aromatic rings. The van der Waals surface area contributed by atoms with Crippen LogP contribution in [0.15, 0.2) is 35.1 Å². The van der Waals surface area contributed by atoms with Gasteiger partial charge in [0.2, 0.25) is 0 Å². The smallest absolute Gasteiger partial charge is 0.405 e. The van der Waals surface area contributed by atoms with Crippen molar-refractivity contribution in [3.05, 3.63) is 51.4 Å². The van der Waals surface area contributed by atoms with Crippen LogP contribution in [0, 0.1) is 11.3 Å². The van der Waals surface area contributed by atoms with Crippen molar-refractivity contribution in [3.8, 4) is 22.9 Å². The van der Waals surface area contributed by atoms with E-state index in [2.05, 4.69) is 14.7 Å². The third kappa shape index (κ3) is 2.94. The maximum Gasteiger partial charge on any atom is 0.573 e. The molecule has 9 heteroatoms. The normalized spacial score (nSPS) is 11.5. The van der Waals surface area contributed by atoms with Gasteiger partial charge in [0, 0.05) is 5.56 Å². The number of aromatic amines is 2. The van der Waals surface area contributed by atoms with E-state index in [0.717, 1.165) is 12.1 Å². The Labute approximate surface area is 137 Å². The van der Waals surface area contributed by atoms with Gasteiger partial charge in [0.05, 0.1) is 21.6 Å². The maximum absolute atomic E-state index is 12.6. The van der Waals surface area contributed by atoms with E-state index < -0.39 is 17.8 Å². The van der Waals surface area contributed by atoms with Gasteiger partial charge in [0.15, 0.2) is 0 Å². The zero-order chi connectivity index (χ0) is 17.5. The van der Waals surface area contributed by atoms with Crippen LogP contribution in [0.3, 0.4) is 0 Å². The van der Waals surface area contributed by atoms with Crippen LogP contribution in [0.25, 0.3) is 22.2 Å². The summed E-state index contributed by atoms with van der Waals surface area (Å²) in [5.41, 5.74) is 0.592. The van der Waals surface area contributed by atoms with Crippen LogP contribution in [0.2, 0.25) is 5.02 Å². The molecule has 0 fully saturated rings. The predicted molar refractivity (Wildman–Crippen MR) is 80.8 cm³/mol. The lowest BCUT2D eigenvalue weighted by Gasteiger charge is -2.15. The van der Waals surface area contributed by atoms with Crippen LogP contribution in [-0.2, 0) is 0 Å². The first kappa shape index (κ1) is 16.0. The SMILES string of the molecule is N#Cc1ccc(OC(F)(F)F)c(-c2ccc3[nH]c(=O)[nH]c3c2)c1Cl. The molecule has 0 atom stereocenters. The maximum atomic E-state index is 12.6. The van der Waals surface area contributed by atoms with Crippen molar-refractivity contribution >= 4 is 22.6 Å². The van der Waals surface area contributed by atoms with Gasteiger partial charge in [0.1, 0.15) is 11.8 Å². The van der Waals surface area contributed by atoms with Gasteiger partial charge in [-0.3, -0.25) is 0 Å². The topological polar surface area (TPSA) is 81.7 Å². The number of hydrogen-bond donors (Lipinski definition) is 2. The van der Waals surface area contributed by atoms with Crippen molar-refractivity contribution in [1.29, 1.82) is 5.26 Å². The average Bonchev–Trinajstić information content (AvgIpc) is 2.85. The largest absolute Gasteiger partial charge is 0.573 e. The number of imidazole rings is 1. The first-order chi connectivity index (χ1) is 11.3. The summed E-state index contributed by atoms with van der Waals surface area (Å²) < 4.78 is 41.9. The third-order valence-corrected chi connectivity index (χ3v) is 3.65. The number of hydrogen-bond acceptors (Lipinski definition) is 3. The molecule has 0 unspecified atom stereocenters. The molecule has 1 heterocycles. The first-order valence-corrected chi connectivity index (χ1v) is 6.87. The van der Waals surface area contributed by atoms with E-state index in [0.29, 0.717) is 11.0 Å². The number of alkyl halides is 3. The molecule has 0 amide bonds. The molecule has 0 aliphatic rings. The second-order valence-electron chi connectivity index (χ2n) is 4.80. The van der Waals surface area contributed by atoms with Crippen LogP contribution in [0.4, 0.5) is 13.2 Å². The van der Waals surface area contributed by atoms with E-state index >= 15 is 0 Å². The van der Waals surface area contributed by atoms with Gasteiger partial charge in [0.25, 0.3) is 0 Å². The Kier molecular flexibility index (Phi) is 3.73. The van der Waals surface area contributed by atoms with Gasteiger partial charge in [-0.2, -0.15) is 5.26 Å². The molecule has 122 valence electrons. The number of fused-ring (bicyclic) bond motifs is 1. The zero-order valence-electron chi connectivity index (χ0n) is 11.7. The second-order valence-corrected chi connectivity index (χ2v) is 5.18. The molecule has 1 aromatic heterocycles. The van der Waals surface area contributed by atoms with Crippen LogP contribution in [-0.4, -0.2) is 16.3 Å². The van der Waals surface area contributed by atoms with Crippen molar-refractivity contribution < 1.29 is 17.9 Å². The standard InChI is InChI=1S/C15H7ClF3N3O2/c16-13-8(6-20)2-4-11(24-15(17,18)19)12(13)7-1-3-9-10(5-7)22-14(23)21-9/h1-5H,(H2,21,22,23). The minimum atomic E-state index is -4.92. The van der Waals surface area contributed by atoms with Gasteiger partial charge >= 0.3 is 12.1 Å². The molecule has 0 saturated heterocycles. The van der Waals surface area contributed by atoms with Gasteiger partial charge in [-0.05, 0) is 29.8 Å². The number of nitrogens with one attached hydrogen (secondary N) is 2. The highest BCUT2D eigenvalue weighted by atomic mass is 35.5. The molecule has 2 N–H and O–H groups in total. The molecular formula is C15H7ClF3N3O2. The van der Waals surface area contributed by atoms with Gasteiger partial charge in [-0.15, -0.1) is 13.2 Å². The van der Waals surface area contributed by atoms with Crippen LogP contribution < -0.4 is 10.4 Å².